The molecule has 1 aromatic rings. The molecule has 1 aromatic carbocycles. The average molecular weight is 198 g/mol. The molecule has 0 aliphatic carbocycles. The van der Waals surface area contributed by atoms with Crippen LogP contribution in [0, 0.1) is 0 Å². The summed E-state index contributed by atoms with van der Waals surface area (Å²) in [7, 11) is 3.06. The lowest BCUT2D eigenvalue weighted by Crippen LogP contribution is -2.03. The Bertz CT molecular complexity index is 276. The average Bonchev–Trinajstić information content (AvgIpc) is 2.27. The topological polar surface area (TPSA) is 58.9 Å². The van der Waals surface area contributed by atoms with E-state index in [1.807, 2.05) is 0 Å². The quantitative estimate of drug-likeness (QED) is 0.748. The van der Waals surface area contributed by atoms with E-state index in [9.17, 15) is 5.11 Å². The van der Waals surface area contributed by atoms with Crippen molar-refractivity contribution in [3.8, 4) is 11.5 Å². The number of aliphatic hydroxyl groups excluding tert-OH is 2. The Morgan fingerprint density at radius 1 is 1.14 bits per heavy atom. The van der Waals surface area contributed by atoms with Gasteiger partial charge in [0.1, 0.15) is 17.6 Å². The molecule has 0 fully saturated rings. The molecule has 0 saturated carbocycles. The van der Waals surface area contributed by atoms with Crippen molar-refractivity contribution in [2.75, 3.05) is 20.8 Å². The third kappa shape index (κ3) is 2.37. The van der Waals surface area contributed by atoms with E-state index in [0.29, 0.717) is 17.1 Å². The summed E-state index contributed by atoms with van der Waals surface area (Å²) in [5.41, 5.74) is 0.573. The lowest BCUT2D eigenvalue weighted by Gasteiger charge is -2.11. The van der Waals surface area contributed by atoms with Crippen molar-refractivity contribution in [1.82, 2.24) is 0 Å². The van der Waals surface area contributed by atoms with Crippen LogP contribution in [-0.4, -0.2) is 31.0 Å². The second-order valence-electron chi connectivity index (χ2n) is 2.84. The molecule has 0 aliphatic heterocycles. The van der Waals surface area contributed by atoms with Crippen LogP contribution in [0.1, 0.15) is 11.7 Å². The van der Waals surface area contributed by atoms with Crippen LogP contribution in [0.15, 0.2) is 18.2 Å². The monoisotopic (exact) mass is 198 g/mol. The van der Waals surface area contributed by atoms with E-state index in [2.05, 4.69) is 0 Å². The Morgan fingerprint density at radius 3 is 2.00 bits per heavy atom. The maximum atomic E-state index is 9.41. The van der Waals surface area contributed by atoms with Crippen LogP contribution in [0.2, 0.25) is 0 Å². The molecular formula is C10H14O4. The first-order chi connectivity index (χ1) is 6.71. The number of aliphatic hydroxyl groups is 2. The molecule has 0 radical (unpaired) electrons. The molecule has 0 aliphatic rings. The van der Waals surface area contributed by atoms with Gasteiger partial charge in [-0.05, 0) is 17.7 Å². The van der Waals surface area contributed by atoms with Gasteiger partial charge in [0, 0.05) is 6.07 Å². The Hall–Kier alpha value is -1.26. The van der Waals surface area contributed by atoms with E-state index < -0.39 is 6.10 Å². The van der Waals surface area contributed by atoms with Gasteiger partial charge in [0.15, 0.2) is 0 Å². The van der Waals surface area contributed by atoms with Crippen molar-refractivity contribution in [2.45, 2.75) is 6.10 Å². The molecule has 1 atom stereocenters. The van der Waals surface area contributed by atoms with Crippen LogP contribution in [0.25, 0.3) is 0 Å². The summed E-state index contributed by atoms with van der Waals surface area (Å²) in [6.07, 6.45) is -0.904. The highest BCUT2D eigenvalue weighted by atomic mass is 16.5. The zero-order valence-electron chi connectivity index (χ0n) is 8.23. The highest BCUT2D eigenvalue weighted by Gasteiger charge is 2.09. The van der Waals surface area contributed by atoms with Gasteiger partial charge in [0.25, 0.3) is 0 Å². The summed E-state index contributed by atoms with van der Waals surface area (Å²) in [4.78, 5) is 0. The van der Waals surface area contributed by atoms with Gasteiger partial charge in [-0.2, -0.15) is 0 Å². The first-order valence-corrected chi connectivity index (χ1v) is 4.23. The molecule has 0 heterocycles. The van der Waals surface area contributed by atoms with Crippen molar-refractivity contribution < 1.29 is 19.7 Å². The van der Waals surface area contributed by atoms with Gasteiger partial charge in [0.05, 0.1) is 20.8 Å². The van der Waals surface area contributed by atoms with Crippen LogP contribution in [-0.2, 0) is 0 Å². The second-order valence-corrected chi connectivity index (χ2v) is 2.84. The van der Waals surface area contributed by atoms with Gasteiger partial charge in [-0.1, -0.05) is 0 Å². The summed E-state index contributed by atoms with van der Waals surface area (Å²) in [5.74, 6) is 1.18. The fourth-order valence-electron chi connectivity index (χ4n) is 1.13. The van der Waals surface area contributed by atoms with Crippen molar-refractivity contribution in [1.29, 1.82) is 0 Å². The molecule has 0 bridgehead atoms. The van der Waals surface area contributed by atoms with Gasteiger partial charge >= 0.3 is 0 Å². The molecule has 1 rings (SSSR count). The van der Waals surface area contributed by atoms with Crippen molar-refractivity contribution in [3.05, 3.63) is 23.8 Å². The Balaban J connectivity index is 3.04. The molecule has 4 heteroatoms. The molecule has 78 valence electrons. The first kappa shape index (κ1) is 10.8. The minimum absolute atomic E-state index is 0.323. The van der Waals surface area contributed by atoms with Crippen LogP contribution in [0.4, 0.5) is 0 Å². The number of hydrogen-bond donors (Lipinski definition) is 2. The fraction of sp³-hybridized carbons (Fsp3) is 0.400. The number of methoxy groups -OCH3 is 2. The standard InChI is InChI=1S/C10H14O4/c1-13-8-3-7(10(12)6-11)4-9(5-8)14-2/h3-5,10-12H,6H2,1-2H3/t10-/m0/s1. The lowest BCUT2D eigenvalue weighted by molar-refractivity contribution is 0.0952. The SMILES string of the molecule is COc1cc(OC)cc([C@@H](O)CO)c1. The van der Waals surface area contributed by atoms with E-state index in [-0.39, 0.29) is 6.61 Å². The molecule has 0 unspecified atom stereocenters. The smallest absolute Gasteiger partial charge is 0.122 e. The van der Waals surface area contributed by atoms with Gasteiger partial charge in [-0.25, -0.2) is 0 Å². The van der Waals surface area contributed by atoms with Crippen LogP contribution >= 0.6 is 0 Å². The Labute approximate surface area is 82.7 Å². The first-order valence-electron chi connectivity index (χ1n) is 4.23. The van der Waals surface area contributed by atoms with Gasteiger partial charge in [-0.15, -0.1) is 0 Å². The summed E-state index contributed by atoms with van der Waals surface area (Å²) in [5, 5.41) is 18.2. The number of ether oxygens (including phenoxy) is 2. The summed E-state index contributed by atoms with van der Waals surface area (Å²) in [6.45, 7) is -0.323. The maximum Gasteiger partial charge on any atom is 0.122 e. The molecule has 0 aromatic heterocycles. The number of rotatable bonds is 4. The predicted molar refractivity (Wildman–Crippen MR) is 51.6 cm³/mol. The Kier molecular flexibility index (Phi) is 3.73. The molecule has 14 heavy (non-hydrogen) atoms. The lowest BCUT2D eigenvalue weighted by atomic mass is 10.1. The van der Waals surface area contributed by atoms with Gasteiger partial charge in [0.2, 0.25) is 0 Å². The molecule has 0 saturated heterocycles. The molecular weight excluding hydrogens is 184 g/mol. The normalized spacial score (nSPS) is 12.3. The largest absolute Gasteiger partial charge is 0.497 e. The van der Waals surface area contributed by atoms with Crippen LogP contribution < -0.4 is 9.47 Å². The van der Waals surface area contributed by atoms with Gasteiger partial charge in [-0.3, -0.25) is 0 Å². The van der Waals surface area contributed by atoms with E-state index in [1.54, 1.807) is 18.2 Å². The maximum absolute atomic E-state index is 9.41. The zero-order valence-corrected chi connectivity index (χ0v) is 8.23. The number of benzene rings is 1. The molecule has 2 N–H and O–H groups in total. The zero-order chi connectivity index (χ0) is 10.6. The predicted octanol–water partition coefficient (Wildman–Crippen LogP) is 0.730. The van der Waals surface area contributed by atoms with E-state index in [4.69, 9.17) is 14.6 Å². The summed E-state index contributed by atoms with van der Waals surface area (Å²) >= 11 is 0. The van der Waals surface area contributed by atoms with Crippen molar-refractivity contribution in [3.63, 3.8) is 0 Å². The highest BCUT2D eigenvalue weighted by Crippen LogP contribution is 2.25. The molecule has 0 amide bonds. The third-order valence-electron chi connectivity index (χ3n) is 1.93. The van der Waals surface area contributed by atoms with E-state index in [0.717, 1.165) is 0 Å². The van der Waals surface area contributed by atoms with Gasteiger partial charge < -0.3 is 19.7 Å². The van der Waals surface area contributed by atoms with Crippen LogP contribution in [0.5, 0.6) is 11.5 Å². The van der Waals surface area contributed by atoms with Crippen LogP contribution in [0.3, 0.4) is 0 Å². The third-order valence-corrected chi connectivity index (χ3v) is 1.93. The van der Waals surface area contributed by atoms with Crippen molar-refractivity contribution in [2.24, 2.45) is 0 Å². The molecule has 0 spiro atoms. The number of hydrogen-bond acceptors (Lipinski definition) is 4. The van der Waals surface area contributed by atoms with Crippen molar-refractivity contribution >= 4 is 0 Å². The minimum Gasteiger partial charge on any atom is -0.497 e. The summed E-state index contributed by atoms with van der Waals surface area (Å²) < 4.78 is 10.0. The fourth-order valence-corrected chi connectivity index (χ4v) is 1.13. The Morgan fingerprint density at radius 2 is 1.64 bits per heavy atom. The minimum atomic E-state index is -0.904. The molecule has 4 nitrogen and oxygen atoms in total. The van der Waals surface area contributed by atoms with E-state index >= 15 is 0 Å². The summed E-state index contributed by atoms with van der Waals surface area (Å²) in [6, 6.07) is 5.01. The van der Waals surface area contributed by atoms with E-state index in [1.165, 1.54) is 14.2 Å². The highest BCUT2D eigenvalue weighted by molar-refractivity contribution is 5.39. The second kappa shape index (κ2) is 4.83.